The van der Waals surface area contributed by atoms with Gasteiger partial charge in [-0.1, -0.05) is 26.0 Å². The van der Waals surface area contributed by atoms with Crippen molar-refractivity contribution < 1.29 is 5.11 Å². The first-order valence-corrected chi connectivity index (χ1v) is 6.36. The van der Waals surface area contributed by atoms with Crippen LogP contribution in [0.1, 0.15) is 25.8 Å². The molecular formula is C14H24N2O. The average molecular weight is 236 g/mol. The van der Waals surface area contributed by atoms with E-state index in [1.165, 1.54) is 5.69 Å². The highest BCUT2D eigenvalue weighted by molar-refractivity contribution is 5.47. The molecule has 0 fully saturated rings. The number of anilines is 1. The molecule has 0 aliphatic rings. The minimum Gasteiger partial charge on any atom is -0.396 e. The molecule has 0 amide bonds. The van der Waals surface area contributed by atoms with Gasteiger partial charge in [-0.2, -0.15) is 0 Å². The molecule has 3 heteroatoms. The van der Waals surface area contributed by atoms with Crippen molar-refractivity contribution in [3.8, 4) is 0 Å². The van der Waals surface area contributed by atoms with Crippen molar-refractivity contribution in [2.45, 2.75) is 26.8 Å². The highest BCUT2D eigenvalue weighted by Gasteiger charge is 2.09. The average Bonchev–Trinajstić information content (AvgIpc) is 2.38. The van der Waals surface area contributed by atoms with Gasteiger partial charge in [0.15, 0.2) is 0 Å². The van der Waals surface area contributed by atoms with Crippen molar-refractivity contribution in [3.05, 3.63) is 29.8 Å². The normalized spacial score (nSPS) is 12.5. The maximum Gasteiger partial charge on any atom is 0.0473 e. The van der Waals surface area contributed by atoms with Gasteiger partial charge >= 0.3 is 0 Å². The second-order valence-electron chi connectivity index (χ2n) is 4.60. The number of benzene rings is 1. The number of nitrogens with two attached hydrogens (primary N) is 1. The number of aliphatic hydroxyl groups is 1. The largest absolute Gasteiger partial charge is 0.396 e. The summed E-state index contributed by atoms with van der Waals surface area (Å²) in [6.07, 6.45) is 1.11. The molecule has 0 heterocycles. The number of hydrogen-bond acceptors (Lipinski definition) is 3. The van der Waals surface area contributed by atoms with Crippen molar-refractivity contribution >= 4 is 5.69 Å². The SMILES string of the molecule is CCCN(CC(C)CO)c1ccc(CN)cc1. The summed E-state index contributed by atoms with van der Waals surface area (Å²) >= 11 is 0. The lowest BCUT2D eigenvalue weighted by molar-refractivity contribution is 0.239. The zero-order valence-electron chi connectivity index (χ0n) is 10.9. The number of hydrogen-bond donors (Lipinski definition) is 2. The van der Waals surface area contributed by atoms with E-state index in [9.17, 15) is 0 Å². The molecule has 1 aromatic rings. The van der Waals surface area contributed by atoms with E-state index in [4.69, 9.17) is 10.8 Å². The highest BCUT2D eigenvalue weighted by Crippen LogP contribution is 2.17. The fraction of sp³-hybridized carbons (Fsp3) is 0.571. The summed E-state index contributed by atoms with van der Waals surface area (Å²) in [4.78, 5) is 2.32. The molecule has 0 aliphatic carbocycles. The van der Waals surface area contributed by atoms with Gasteiger partial charge in [0.05, 0.1) is 0 Å². The summed E-state index contributed by atoms with van der Waals surface area (Å²) in [5, 5.41) is 9.14. The first-order valence-electron chi connectivity index (χ1n) is 6.36. The first-order chi connectivity index (χ1) is 8.21. The summed E-state index contributed by atoms with van der Waals surface area (Å²) in [7, 11) is 0. The van der Waals surface area contributed by atoms with Crippen LogP contribution in [-0.4, -0.2) is 24.8 Å². The van der Waals surface area contributed by atoms with Crippen LogP contribution in [0.2, 0.25) is 0 Å². The van der Waals surface area contributed by atoms with Gasteiger partial charge in [0.25, 0.3) is 0 Å². The lowest BCUT2D eigenvalue weighted by Gasteiger charge is -2.27. The summed E-state index contributed by atoms with van der Waals surface area (Å²) in [6, 6.07) is 8.37. The third-order valence-corrected chi connectivity index (χ3v) is 2.87. The van der Waals surface area contributed by atoms with Crippen molar-refractivity contribution in [3.63, 3.8) is 0 Å². The van der Waals surface area contributed by atoms with E-state index in [1.807, 2.05) is 0 Å². The van der Waals surface area contributed by atoms with E-state index in [0.29, 0.717) is 12.5 Å². The van der Waals surface area contributed by atoms with Gasteiger partial charge in [-0.25, -0.2) is 0 Å². The van der Waals surface area contributed by atoms with Gasteiger partial charge in [0.2, 0.25) is 0 Å². The van der Waals surface area contributed by atoms with Gasteiger partial charge < -0.3 is 15.7 Å². The second kappa shape index (κ2) is 7.30. The van der Waals surface area contributed by atoms with Crippen LogP contribution in [0.5, 0.6) is 0 Å². The topological polar surface area (TPSA) is 49.5 Å². The van der Waals surface area contributed by atoms with E-state index in [-0.39, 0.29) is 6.61 Å². The Morgan fingerprint density at radius 1 is 1.29 bits per heavy atom. The predicted octanol–water partition coefficient (Wildman–Crippen LogP) is 1.99. The maximum atomic E-state index is 9.14. The summed E-state index contributed by atoms with van der Waals surface area (Å²) in [5.41, 5.74) is 7.96. The summed E-state index contributed by atoms with van der Waals surface area (Å²) in [6.45, 7) is 6.97. The fourth-order valence-corrected chi connectivity index (χ4v) is 1.87. The van der Waals surface area contributed by atoms with Crippen LogP contribution < -0.4 is 10.6 Å². The van der Waals surface area contributed by atoms with Gasteiger partial charge in [-0.05, 0) is 30.0 Å². The number of nitrogens with zero attached hydrogens (tertiary/aromatic N) is 1. The van der Waals surface area contributed by atoms with Crippen LogP contribution in [0.4, 0.5) is 5.69 Å². The van der Waals surface area contributed by atoms with Crippen molar-refractivity contribution in [2.75, 3.05) is 24.6 Å². The monoisotopic (exact) mass is 236 g/mol. The molecule has 0 radical (unpaired) electrons. The van der Waals surface area contributed by atoms with Crippen LogP contribution in [0.3, 0.4) is 0 Å². The molecule has 0 aromatic heterocycles. The van der Waals surface area contributed by atoms with E-state index < -0.39 is 0 Å². The Labute approximate surface area is 104 Å². The van der Waals surface area contributed by atoms with Crippen molar-refractivity contribution in [1.82, 2.24) is 0 Å². The molecule has 0 saturated carbocycles. The fourth-order valence-electron chi connectivity index (χ4n) is 1.87. The van der Waals surface area contributed by atoms with Crippen LogP contribution in [0.25, 0.3) is 0 Å². The predicted molar refractivity (Wildman–Crippen MR) is 73.1 cm³/mol. The third kappa shape index (κ3) is 4.36. The Morgan fingerprint density at radius 3 is 2.41 bits per heavy atom. The van der Waals surface area contributed by atoms with E-state index in [2.05, 4.69) is 43.0 Å². The number of aliphatic hydroxyl groups excluding tert-OH is 1. The molecule has 0 saturated heterocycles. The molecule has 96 valence electrons. The quantitative estimate of drug-likeness (QED) is 0.761. The third-order valence-electron chi connectivity index (χ3n) is 2.87. The second-order valence-corrected chi connectivity index (χ2v) is 4.60. The molecule has 1 unspecified atom stereocenters. The van der Waals surface area contributed by atoms with Gasteiger partial charge in [0.1, 0.15) is 0 Å². The molecule has 1 rings (SSSR count). The Kier molecular flexibility index (Phi) is 6.01. The standard InChI is InChI=1S/C14H24N2O/c1-3-8-16(10-12(2)11-17)14-6-4-13(9-15)5-7-14/h4-7,12,17H,3,8-11,15H2,1-2H3. The molecule has 3 nitrogen and oxygen atoms in total. The molecule has 1 atom stereocenters. The van der Waals surface area contributed by atoms with Gasteiger partial charge in [-0.3, -0.25) is 0 Å². The summed E-state index contributed by atoms with van der Waals surface area (Å²) in [5.74, 6) is 0.302. The maximum absolute atomic E-state index is 9.14. The van der Waals surface area contributed by atoms with Crippen LogP contribution >= 0.6 is 0 Å². The van der Waals surface area contributed by atoms with E-state index >= 15 is 0 Å². The van der Waals surface area contributed by atoms with Crippen LogP contribution in [0, 0.1) is 5.92 Å². The molecule has 0 bridgehead atoms. The first kappa shape index (κ1) is 14.0. The van der Waals surface area contributed by atoms with Crippen molar-refractivity contribution in [2.24, 2.45) is 11.7 Å². The van der Waals surface area contributed by atoms with Crippen LogP contribution in [0.15, 0.2) is 24.3 Å². The smallest absolute Gasteiger partial charge is 0.0473 e. The lowest BCUT2D eigenvalue weighted by Crippen LogP contribution is -2.30. The van der Waals surface area contributed by atoms with Gasteiger partial charge in [0, 0.05) is 31.9 Å². The van der Waals surface area contributed by atoms with Gasteiger partial charge in [-0.15, -0.1) is 0 Å². The molecule has 1 aromatic carbocycles. The molecule has 0 aliphatic heterocycles. The van der Waals surface area contributed by atoms with Crippen LogP contribution in [-0.2, 0) is 6.54 Å². The number of rotatable bonds is 7. The Hall–Kier alpha value is -1.06. The Balaban J connectivity index is 2.73. The van der Waals surface area contributed by atoms with E-state index in [1.54, 1.807) is 0 Å². The lowest BCUT2D eigenvalue weighted by atomic mass is 10.1. The molecule has 3 N–H and O–H groups in total. The molecule has 0 spiro atoms. The highest BCUT2D eigenvalue weighted by atomic mass is 16.3. The Bertz CT molecular complexity index is 311. The summed E-state index contributed by atoms with van der Waals surface area (Å²) < 4.78 is 0. The molecule has 17 heavy (non-hydrogen) atoms. The Morgan fingerprint density at radius 2 is 1.94 bits per heavy atom. The minimum atomic E-state index is 0.237. The zero-order valence-corrected chi connectivity index (χ0v) is 10.9. The van der Waals surface area contributed by atoms with Crippen molar-refractivity contribution in [1.29, 1.82) is 0 Å². The molecular weight excluding hydrogens is 212 g/mol. The zero-order chi connectivity index (χ0) is 12.7. The van der Waals surface area contributed by atoms with E-state index in [0.717, 1.165) is 25.1 Å². The minimum absolute atomic E-state index is 0.237.